The summed E-state index contributed by atoms with van der Waals surface area (Å²) >= 11 is 0. The van der Waals surface area contributed by atoms with Crippen LogP contribution in [-0.2, 0) is 19.2 Å². The average molecular weight is 360 g/mol. The van der Waals surface area contributed by atoms with Crippen molar-refractivity contribution >= 4 is 24.6 Å². The molecule has 0 atom stereocenters. The molecular formula is C17H36N4O4. The van der Waals surface area contributed by atoms with Crippen molar-refractivity contribution in [3.8, 4) is 0 Å². The summed E-state index contributed by atoms with van der Waals surface area (Å²) in [5.41, 5.74) is 0. The molecule has 0 saturated carbocycles. The van der Waals surface area contributed by atoms with E-state index in [0.717, 1.165) is 45.3 Å². The highest BCUT2D eigenvalue weighted by Crippen LogP contribution is 2.04. The van der Waals surface area contributed by atoms with Crippen molar-refractivity contribution in [2.45, 2.75) is 33.6 Å². The zero-order valence-corrected chi connectivity index (χ0v) is 17.1. The van der Waals surface area contributed by atoms with Crippen LogP contribution in [0.5, 0.6) is 0 Å². The lowest BCUT2D eigenvalue weighted by atomic mass is 10.4. The molecule has 1 aliphatic heterocycles. The number of nitrogens with zero attached hydrogens (tertiary/aromatic N) is 4. The Labute approximate surface area is 152 Å². The minimum absolute atomic E-state index is 0.0926. The Balaban J connectivity index is -0.000000261. The molecule has 25 heavy (non-hydrogen) atoms. The average Bonchev–Trinajstić information content (AvgIpc) is 2.94. The Morgan fingerprint density at radius 3 is 1.52 bits per heavy atom. The fourth-order valence-corrected chi connectivity index (χ4v) is 1.16. The van der Waals surface area contributed by atoms with Crippen molar-refractivity contribution in [3.63, 3.8) is 0 Å². The lowest BCUT2D eigenvalue weighted by molar-refractivity contribution is -0.127. The molecule has 0 bridgehead atoms. The van der Waals surface area contributed by atoms with E-state index in [1.54, 1.807) is 38.0 Å². The van der Waals surface area contributed by atoms with Crippen LogP contribution in [0, 0.1) is 0 Å². The largest absolute Gasteiger partial charge is 0.351 e. The summed E-state index contributed by atoms with van der Waals surface area (Å²) in [4.78, 5) is 46.3. The summed E-state index contributed by atoms with van der Waals surface area (Å²) < 4.78 is 0. The maximum absolute atomic E-state index is 10.5. The van der Waals surface area contributed by atoms with Gasteiger partial charge in [0.15, 0.2) is 0 Å². The zero-order chi connectivity index (χ0) is 20.4. The number of rotatable bonds is 4. The molecule has 1 fully saturated rings. The molecule has 0 aromatic carbocycles. The summed E-state index contributed by atoms with van der Waals surface area (Å²) in [5.74, 6) is 0.384. The highest BCUT2D eigenvalue weighted by atomic mass is 16.2. The summed E-state index contributed by atoms with van der Waals surface area (Å²) in [5, 5.41) is 0. The molecule has 0 spiro atoms. The maximum atomic E-state index is 10.5. The highest BCUT2D eigenvalue weighted by Gasteiger charge is 2.14. The number of carbonyl (C=O) groups excluding carboxylic acids is 4. The summed E-state index contributed by atoms with van der Waals surface area (Å²) in [7, 11) is 8.67. The van der Waals surface area contributed by atoms with Crippen LogP contribution in [0.3, 0.4) is 0 Å². The van der Waals surface area contributed by atoms with Gasteiger partial charge in [-0.05, 0) is 20.3 Å². The van der Waals surface area contributed by atoms with Gasteiger partial charge in [0, 0.05) is 68.2 Å². The fourth-order valence-electron chi connectivity index (χ4n) is 1.16. The van der Waals surface area contributed by atoms with Crippen molar-refractivity contribution in [2.24, 2.45) is 0 Å². The van der Waals surface area contributed by atoms with E-state index in [9.17, 15) is 19.2 Å². The van der Waals surface area contributed by atoms with Crippen LogP contribution in [0.1, 0.15) is 33.6 Å². The van der Waals surface area contributed by atoms with Crippen molar-refractivity contribution in [3.05, 3.63) is 0 Å². The first kappa shape index (κ1) is 27.7. The number of carbonyl (C=O) groups is 4. The smallest absolute Gasteiger partial charge is 0.222 e. The van der Waals surface area contributed by atoms with Crippen LogP contribution in [-0.4, -0.2) is 99.1 Å². The minimum Gasteiger partial charge on any atom is -0.351 e. The van der Waals surface area contributed by atoms with E-state index in [1.807, 2.05) is 20.9 Å². The first-order chi connectivity index (χ1) is 11.6. The first-order valence-electron chi connectivity index (χ1n) is 8.30. The molecule has 0 unspecified atom stereocenters. The van der Waals surface area contributed by atoms with Gasteiger partial charge in [-0.15, -0.1) is 0 Å². The van der Waals surface area contributed by atoms with Gasteiger partial charge in [0.2, 0.25) is 24.6 Å². The molecule has 1 aliphatic rings. The second kappa shape index (κ2) is 18.2. The molecule has 1 saturated heterocycles. The van der Waals surface area contributed by atoms with Crippen LogP contribution >= 0.6 is 0 Å². The molecule has 0 aliphatic carbocycles. The van der Waals surface area contributed by atoms with Gasteiger partial charge in [-0.25, -0.2) is 0 Å². The van der Waals surface area contributed by atoms with Crippen LogP contribution in [0.25, 0.3) is 0 Å². The number of hydrogen-bond donors (Lipinski definition) is 0. The Hall–Kier alpha value is -2.12. The molecule has 1 heterocycles. The quantitative estimate of drug-likeness (QED) is 0.685. The summed E-state index contributed by atoms with van der Waals surface area (Å²) in [6.07, 6.45) is 3.42. The van der Waals surface area contributed by atoms with E-state index in [0.29, 0.717) is 5.91 Å². The van der Waals surface area contributed by atoms with Gasteiger partial charge in [-0.1, -0.05) is 0 Å². The van der Waals surface area contributed by atoms with Gasteiger partial charge in [0.1, 0.15) is 0 Å². The number of likely N-dealkylation sites (tertiary alicyclic amines) is 1. The Bertz CT molecular complexity index is 370. The van der Waals surface area contributed by atoms with Gasteiger partial charge in [0.05, 0.1) is 0 Å². The van der Waals surface area contributed by atoms with Crippen LogP contribution in [0.2, 0.25) is 0 Å². The van der Waals surface area contributed by atoms with Crippen molar-refractivity contribution in [2.75, 3.05) is 54.9 Å². The standard InChI is InChI=1S/C5H9NO.C5H11NO.C4H9NO.C3H7NO/c1-6-4-2-3-5(6)7;1-3-6(4-2)5-7;1-4(6)5(2)3;1-4(2)3-5/h2-4H2,1H3;5H,3-4H2,1-2H3;1-3H3;3H,1-2H3. The fraction of sp³-hybridized carbons (Fsp3) is 0.765. The number of hydrogen-bond acceptors (Lipinski definition) is 4. The molecule has 0 N–H and O–H groups in total. The topological polar surface area (TPSA) is 81.2 Å². The molecule has 0 aromatic rings. The molecule has 0 aromatic heterocycles. The first-order valence-corrected chi connectivity index (χ1v) is 8.30. The van der Waals surface area contributed by atoms with E-state index in [-0.39, 0.29) is 5.91 Å². The van der Waals surface area contributed by atoms with Crippen LogP contribution in [0.4, 0.5) is 0 Å². The normalized spacial score (nSPS) is 11.5. The van der Waals surface area contributed by atoms with E-state index >= 15 is 0 Å². The molecular weight excluding hydrogens is 324 g/mol. The van der Waals surface area contributed by atoms with Crippen LogP contribution < -0.4 is 0 Å². The predicted octanol–water partition coefficient (Wildman–Crippen LogP) is 0.522. The molecule has 148 valence electrons. The summed E-state index contributed by atoms with van der Waals surface area (Å²) in [6, 6.07) is 0. The lowest BCUT2D eigenvalue weighted by Gasteiger charge is -2.08. The Morgan fingerprint density at radius 1 is 1.08 bits per heavy atom. The summed E-state index contributed by atoms with van der Waals surface area (Å²) in [6.45, 7) is 8.04. The maximum Gasteiger partial charge on any atom is 0.222 e. The Kier molecular flexibility index (Phi) is 20.2. The van der Waals surface area contributed by atoms with E-state index in [2.05, 4.69) is 0 Å². The zero-order valence-electron chi connectivity index (χ0n) is 17.1. The third kappa shape index (κ3) is 21.9. The lowest BCUT2D eigenvalue weighted by Crippen LogP contribution is -2.19. The third-order valence-electron chi connectivity index (χ3n) is 3.11. The number of amides is 4. The molecule has 4 amide bonds. The van der Waals surface area contributed by atoms with Gasteiger partial charge >= 0.3 is 0 Å². The third-order valence-corrected chi connectivity index (χ3v) is 3.11. The van der Waals surface area contributed by atoms with Crippen molar-refractivity contribution in [1.29, 1.82) is 0 Å². The second-order valence-electron chi connectivity index (χ2n) is 5.73. The Morgan fingerprint density at radius 2 is 1.48 bits per heavy atom. The SMILES string of the molecule is CC(=O)N(C)C.CCN(C=O)CC.CN(C)C=O.CN1CCCC1=O. The molecule has 8 heteroatoms. The van der Waals surface area contributed by atoms with Gasteiger partial charge < -0.3 is 19.6 Å². The van der Waals surface area contributed by atoms with Crippen molar-refractivity contribution in [1.82, 2.24) is 19.6 Å². The monoisotopic (exact) mass is 360 g/mol. The predicted molar refractivity (Wildman–Crippen MR) is 100.0 cm³/mol. The van der Waals surface area contributed by atoms with E-state index in [1.165, 1.54) is 16.7 Å². The molecule has 8 nitrogen and oxygen atoms in total. The van der Waals surface area contributed by atoms with E-state index in [4.69, 9.17) is 0 Å². The highest BCUT2D eigenvalue weighted by molar-refractivity contribution is 5.77. The molecule has 0 radical (unpaired) electrons. The van der Waals surface area contributed by atoms with Gasteiger partial charge in [0.25, 0.3) is 0 Å². The van der Waals surface area contributed by atoms with Gasteiger partial charge in [-0.3, -0.25) is 19.2 Å². The van der Waals surface area contributed by atoms with Crippen LogP contribution in [0.15, 0.2) is 0 Å². The molecule has 1 rings (SSSR count). The van der Waals surface area contributed by atoms with Gasteiger partial charge in [-0.2, -0.15) is 0 Å². The van der Waals surface area contributed by atoms with E-state index < -0.39 is 0 Å². The minimum atomic E-state index is 0.0926. The second-order valence-corrected chi connectivity index (χ2v) is 5.73. The van der Waals surface area contributed by atoms with Crippen molar-refractivity contribution < 1.29 is 19.2 Å².